The van der Waals surface area contributed by atoms with Crippen molar-refractivity contribution in [2.24, 2.45) is 0 Å². The van der Waals surface area contributed by atoms with Crippen LogP contribution in [0.1, 0.15) is 11.4 Å². The molecule has 4 rings (SSSR count). The van der Waals surface area contributed by atoms with Crippen LogP contribution in [0.5, 0.6) is 11.5 Å². The molecule has 4 nitrogen and oxygen atoms in total. The summed E-state index contributed by atoms with van der Waals surface area (Å²) < 4.78 is 14.0. The third-order valence-corrected chi connectivity index (χ3v) is 4.42. The monoisotopic (exact) mass is 358 g/mol. The highest BCUT2D eigenvalue weighted by Crippen LogP contribution is 2.19. The highest BCUT2D eigenvalue weighted by Gasteiger charge is 2.11. The van der Waals surface area contributed by atoms with Gasteiger partial charge in [0.2, 0.25) is 0 Å². The molecule has 0 aliphatic rings. The standard InChI is InChI=1S/C23H22N2O2/c1-18-8-7-11-20(16-18)26-15-14-25-22-13-6-5-12-21(22)24-23(25)17-27-19-9-3-2-4-10-19/h2-13,16H,14-15,17H2,1H3. The van der Waals surface area contributed by atoms with Gasteiger partial charge in [-0.25, -0.2) is 4.98 Å². The Bertz CT molecular complexity index is 1020. The molecule has 0 fully saturated rings. The summed E-state index contributed by atoms with van der Waals surface area (Å²) in [5, 5.41) is 0. The molecule has 0 saturated heterocycles. The molecule has 0 amide bonds. The molecule has 1 heterocycles. The maximum atomic E-state index is 5.94. The van der Waals surface area contributed by atoms with E-state index in [2.05, 4.69) is 23.6 Å². The third kappa shape index (κ3) is 4.11. The van der Waals surface area contributed by atoms with Gasteiger partial charge in [0, 0.05) is 0 Å². The van der Waals surface area contributed by atoms with E-state index in [-0.39, 0.29) is 0 Å². The zero-order chi connectivity index (χ0) is 18.5. The number of nitrogens with zero attached hydrogens (tertiary/aromatic N) is 2. The van der Waals surface area contributed by atoms with Crippen LogP contribution in [0.3, 0.4) is 0 Å². The summed E-state index contributed by atoms with van der Waals surface area (Å²) in [6, 6.07) is 26.1. The number of imidazole rings is 1. The molecule has 27 heavy (non-hydrogen) atoms. The van der Waals surface area contributed by atoms with Crippen LogP contribution in [0.15, 0.2) is 78.9 Å². The maximum absolute atomic E-state index is 5.94. The number of aromatic nitrogens is 2. The van der Waals surface area contributed by atoms with Gasteiger partial charge in [0.05, 0.1) is 17.6 Å². The van der Waals surface area contributed by atoms with Gasteiger partial charge < -0.3 is 14.0 Å². The van der Waals surface area contributed by atoms with E-state index in [4.69, 9.17) is 14.5 Å². The van der Waals surface area contributed by atoms with E-state index in [9.17, 15) is 0 Å². The lowest BCUT2D eigenvalue weighted by atomic mass is 10.2. The molecule has 4 heteroatoms. The Kier molecular flexibility index (Phi) is 5.06. The van der Waals surface area contributed by atoms with Crippen molar-refractivity contribution in [3.8, 4) is 11.5 Å². The fraction of sp³-hybridized carbons (Fsp3) is 0.174. The van der Waals surface area contributed by atoms with E-state index in [1.54, 1.807) is 0 Å². The second-order valence-corrected chi connectivity index (χ2v) is 6.44. The average molecular weight is 358 g/mol. The molecular formula is C23H22N2O2. The summed E-state index contributed by atoms with van der Waals surface area (Å²) in [5.41, 5.74) is 3.26. The van der Waals surface area contributed by atoms with Crippen LogP contribution < -0.4 is 9.47 Å². The molecule has 0 spiro atoms. The first-order valence-corrected chi connectivity index (χ1v) is 9.11. The Hall–Kier alpha value is -3.27. The van der Waals surface area contributed by atoms with Gasteiger partial charge in [-0.15, -0.1) is 0 Å². The zero-order valence-electron chi connectivity index (χ0n) is 15.3. The van der Waals surface area contributed by atoms with Crippen molar-refractivity contribution >= 4 is 11.0 Å². The number of para-hydroxylation sites is 3. The molecule has 0 bridgehead atoms. The lowest BCUT2D eigenvalue weighted by molar-refractivity contribution is 0.272. The van der Waals surface area contributed by atoms with Crippen molar-refractivity contribution in [1.29, 1.82) is 0 Å². The number of aryl methyl sites for hydroxylation is 1. The van der Waals surface area contributed by atoms with Crippen LogP contribution in [0.2, 0.25) is 0 Å². The molecule has 136 valence electrons. The summed E-state index contributed by atoms with van der Waals surface area (Å²) in [6.45, 7) is 3.77. The highest BCUT2D eigenvalue weighted by atomic mass is 16.5. The van der Waals surface area contributed by atoms with Crippen LogP contribution >= 0.6 is 0 Å². The molecule has 0 aliphatic carbocycles. The topological polar surface area (TPSA) is 36.3 Å². The summed E-state index contributed by atoms with van der Waals surface area (Å²) in [6.07, 6.45) is 0. The molecule has 0 saturated carbocycles. The van der Waals surface area contributed by atoms with E-state index in [0.29, 0.717) is 19.8 Å². The predicted molar refractivity (Wildman–Crippen MR) is 107 cm³/mol. The van der Waals surface area contributed by atoms with Gasteiger partial charge >= 0.3 is 0 Å². The Morgan fingerprint density at radius 2 is 1.59 bits per heavy atom. The van der Waals surface area contributed by atoms with Gasteiger partial charge in [-0.05, 0) is 48.9 Å². The summed E-state index contributed by atoms with van der Waals surface area (Å²) in [4.78, 5) is 4.75. The van der Waals surface area contributed by atoms with Crippen LogP contribution in [0, 0.1) is 6.92 Å². The molecule has 1 aromatic heterocycles. The Balaban J connectivity index is 1.51. The van der Waals surface area contributed by atoms with Crippen LogP contribution in [0.4, 0.5) is 0 Å². The van der Waals surface area contributed by atoms with Gasteiger partial charge in [0.15, 0.2) is 0 Å². The maximum Gasteiger partial charge on any atom is 0.148 e. The van der Waals surface area contributed by atoms with Crippen LogP contribution in [-0.4, -0.2) is 16.2 Å². The number of benzene rings is 3. The van der Waals surface area contributed by atoms with Crippen molar-refractivity contribution < 1.29 is 9.47 Å². The van der Waals surface area contributed by atoms with Gasteiger partial charge in [-0.2, -0.15) is 0 Å². The first kappa shape index (κ1) is 17.2. The van der Waals surface area contributed by atoms with Crippen LogP contribution in [-0.2, 0) is 13.2 Å². The van der Waals surface area contributed by atoms with E-state index < -0.39 is 0 Å². The fourth-order valence-corrected chi connectivity index (χ4v) is 3.11. The van der Waals surface area contributed by atoms with Crippen molar-refractivity contribution in [3.63, 3.8) is 0 Å². The van der Waals surface area contributed by atoms with Gasteiger partial charge in [0.1, 0.15) is 30.5 Å². The van der Waals surface area contributed by atoms with Gasteiger partial charge in [-0.1, -0.05) is 42.5 Å². The summed E-state index contributed by atoms with van der Waals surface area (Å²) in [7, 11) is 0. The summed E-state index contributed by atoms with van der Waals surface area (Å²) >= 11 is 0. The first-order valence-electron chi connectivity index (χ1n) is 9.11. The Labute approximate surface area is 159 Å². The Morgan fingerprint density at radius 3 is 2.44 bits per heavy atom. The van der Waals surface area contributed by atoms with Crippen molar-refractivity contribution in [3.05, 3.63) is 90.3 Å². The number of fused-ring (bicyclic) bond motifs is 1. The molecule has 0 unspecified atom stereocenters. The first-order chi connectivity index (χ1) is 13.3. The van der Waals surface area contributed by atoms with Gasteiger partial charge in [0.25, 0.3) is 0 Å². The zero-order valence-corrected chi connectivity index (χ0v) is 15.3. The number of rotatable bonds is 7. The molecule has 0 aliphatic heterocycles. The number of hydrogen-bond acceptors (Lipinski definition) is 3. The van der Waals surface area contributed by atoms with Crippen molar-refractivity contribution in [2.75, 3.05) is 6.61 Å². The van der Waals surface area contributed by atoms with E-state index in [1.807, 2.05) is 66.7 Å². The van der Waals surface area contributed by atoms with Gasteiger partial charge in [-0.3, -0.25) is 0 Å². The predicted octanol–water partition coefficient (Wildman–Crippen LogP) is 5.00. The van der Waals surface area contributed by atoms with E-state index >= 15 is 0 Å². The minimum absolute atomic E-state index is 0.420. The molecule has 0 radical (unpaired) electrons. The molecule has 3 aromatic carbocycles. The SMILES string of the molecule is Cc1cccc(OCCn2c(COc3ccccc3)nc3ccccc32)c1. The highest BCUT2D eigenvalue weighted by molar-refractivity contribution is 5.75. The normalized spacial score (nSPS) is 10.9. The molecule has 4 aromatic rings. The number of hydrogen-bond donors (Lipinski definition) is 0. The number of ether oxygens (including phenoxy) is 2. The Morgan fingerprint density at radius 1 is 0.815 bits per heavy atom. The third-order valence-electron chi connectivity index (χ3n) is 4.42. The lowest BCUT2D eigenvalue weighted by Crippen LogP contribution is -2.13. The van der Waals surface area contributed by atoms with E-state index in [0.717, 1.165) is 28.4 Å². The molecule has 0 atom stereocenters. The quantitative estimate of drug-likeness (QED) is 0.466. The smallest absolute Gasteiger partial charge is 0.148 e. The summed E-state index contributed by atoms with van der Waals surface area (Å²) in [5.74, 6) is 2.63. The van der Waals surface area contributed by atoms with Crippen molar-refractivity contribution in [1.82, 2.24) is 9.55 Å². The average Bonchev–Trinajstić information content (AvgIpc) is 3.05. The van der Waals surface area contributed by atoms with E-state index in [1.165, 1.54) is 5.56 Å². The molecule has 0 N–H and O–H groups in total. The second-order valence-electron chi connectivity index (χ2n) is 6.44. The molecular weight excluding hydrogens is 336 g/mol. The lowest BCUT2D eigenvalue weighted by Gasteiger charge is -2.12. The van der Waals surface area contributed by atoms with Crippen molar-refractivity contribution in [2.45, 2.75) is 20.1 Å². The minimum atomic E-state index is 0.420. The largest absolute Gasteiger partial charge is 0.492 e. The minimum Gasteiger partial charge on any atom is -0.492 e. The van der Waals surface area contributed by atoms with Crippen LogP contribution in [0.25, 0.3) is 11.0 Å². The fourth-order valence-electron chi connectivity index (χ4n) is 3.11. The second kappa shape index (κ2) is 7.96.